The second kappa shape index (κ2) is 10.9. The van der Waals surface area contributed by atoms with E-state index in [0.717, 1.165) is 12.1 Å². The number of carbonyl (C=O) groups is 2. The minimum Gasteiger partial charge on any atom is -0.460 e. The molecule has 2 rings (SSSR count). The Labute approximate surface area is 166 Å². The van der Waals surface area contributed by atoms with Gasteiger partial charge in [-0.3, -0.25) is 4.79 Å². The van der Waals surface area contributed by atoms with E-state index >= 15 is 0 Å². The third-order valence-corrected chi connectivity index (χ3v) is 3.88. The van der Waals surface area contributed by atoms with Crippen molar-refractivity contribution in [2.24, 2.45) is 0 Å². The smallest absolute Gasteiger partial charge is 0.374 e. The van der Waals surface area contributed by atoms with E-state index in [-0.39, 0.29) is 40.9 Å². The Kier molecular flexibility index (Phi) is 9.32. The van der Waals surface area contributed by atoms with Crippen molar-refractivity contribution in [1.82, 2.24) is 4.98 Å². The number of esters is 1. The molecule has 8 heteroatoms. The largest absolute Gasteiger partial charge is 0.460 e. The van der Waals surface area contributed by atoms with E-state index in [1.54, 1.807) is 6.92 Å². The van der Waals surface area contributed by atoms with Crippen LogP contribution in [0, 0.1) is 11.6 Å². The Balaban J connectivity index is 0.00000176. The molecular weight excluding hydrogens is 399 g/mol. The topological polar surface area (TPSA) is 56.3 Å². The molecule has 0 saturated heterocycles. The first-order valence-electron chi connectivity index (χ1n) is 8.33. The number of hydrogen-bond donors (Lipinski definition) is 0. The number of carbonyl (C=O) groups excluding carboxylic acids is 2. The zero-order chi connectivity index (χ0) is 20.6. The predicted octanol–water partition coefficient (Wildman–Crippen LogP) is 5.42. The van der Waals surface area contributed by atoms with Crippen LogP contribution in [0.25, 0.3) is 11.1 Å². The molecule has 0 aliphatic heterocycles. The number of pyridine rings is 1. The average Bonchev–Trinajstić information content (AvgIpc) is 2.62. The SMILES string of the molecule is CC.CCOC(=O)C(=O)CCc1c(-c2ccc(F)cc2F)cc(Cl)nc1Cl. The summed E-state index contributed by atoms with van der Waals surface area (Å²) in [6, 6.07) is 4.43. The highest BCUT2D eigenvalue weighted by Crippen LogP contribution is 2.33. The fraction of sp³-hybridized carbons (Fsp3) is 0.316. The number of benzene rings is 1. The van der Waals surface area contributed by atoms with Crippen molar-refractivity contribution in [1.29, 1.82) is 0 Å². The van der Waals surface area contributed by atoms with Gasteiger partial charge >= 0.3 is 5.97 Å². The lowest BCUT2D eigenvalue weighted by Crippen LogP contribution is -2.18. The summed E-state index contributed by atoms with van der Waals surface area (Å²) in [5.41, 5.74) is 0.666. The number of aromatic nitrogens is 1. The highest BCUT2D eigenvalue weighted by atomic mass is 35.5. The summed E-state index contributed by atoms with van der Waals surface area (Å²) in [5.74, 6) is -3.23. The van der Waals surface area contributed by atoms with Gasteiger partial charge in [0.15, 0.2) is 0 Å². The molecule has 0 spiro atoms. The van der Waals surface area contributed by atoms with Crippen LogP contribution >= 0.6 is 23.2 Å². The quantitative estimate of drug-likeness (QED) is 0.357. The number of ether oxygens (including phenoxy) is 1. The molecule has 0 aliphatic carbocycles. The van der Waals surface area contributed by atoms with Crippen LogP contribution in [0.15, 0.2) is 24.3 Å². The van der Waals surface area contributed by atoms with Gasteiger partial charge in [0.25, 0.3) is 0 Å². The van der Waals surface area contributed by atoms with Crippen LogP contribution in [0.2, 0.25) is 10.3 Å². The summed E-state index contributed by atoms with van der Waals surface area (Å²) >= 11 is 11.9. The molecule has 0 atom stereocenters. The molecule has 0 unspecified atom stereocenters. The average molecular weight is 418 g/mol. The molecule has 1 heterocycles. The second-order valence-corrected chi connectivity index (χ2v) is 5.77. The first-order valence-corrected chi connectivity index (χ1v) is 9.09. The molecule has 1 aromatic carbocycles. The van der Waals surface area contributed by atoms with E-state index in [1.807, 2.05) is 13.8 Å². The summed E-state index contributed by atoms with van der Waals surface area (Å²) in [7, 11) is 0. The zero-order valence-electron chi connectivity index (χ0n) is 15.1. The van der Waals surface area contributed by atoms with Crippen LogP contribution in [-0.2, 0) is 20.7 Å². The number of ketones is 1. The molecule has 0 aliphatic rings. The summed E-state index contributed by atoms with van der Waals surface area (Å²) in [6.45, 7) is 5.67. The minimum atomic E-state index is -0.949. The second-order valence-electron chi connectivity index (χ2n) is 5.03. The Morgan fingerprint density at radius 2 is 1.78 bits per heavy atom. The summed E-state index contributed by atoms with van der Waals surface area (Å²) < 4.78 is 31.9. The molecule has 0 bridgehead atoms. The molecule has 0 amide bonds. The van der Waals surface area contributed by atoms with Gasteiger partial charge in [0.05, 0.1) is 6.61 Å². The molecule has 2 aromatic rings. The Morgan fingerprint density at radius 3 is 2.37 bits per heavy atom. The van der Waals surface area contributed by atoms with E-state index in [1.165, 1.54) is 12.1 Å². The van der Waals surface area contributed by atoms with Crippen LogP contribution in [0.1, 0.15) is 32.8 Å². The molecule has 1 aromatic heterocycles. The fourth-order valence-electron chi connectivity index (χ4n) is 2.25. The third-order valence-electron chi connectivity index (χ3n) is 3.37. The van der Waals surface area contributed by atoms with Crippen molar-refractivity contribution in [3.8, 4) is 11.1 Å². The van der Waals surface area contributed by atoms with Gasteiger partial charge in [0, 0.05) is 18.1 Å². The molecule has 0 N–H and O–H groups in total. The van der Waals surface area contributed by atoms with Crippen LogP contribution < -0.4 is 0 Å². The third kappa shape index (κ3) is 6.26. The lowest BCUT2D eigenvalue weighted by molar-refractivity contribution is -0.153. The molecule has 146 valence electrons. The van der Waals surface area contributed by atoms with Crippen molar-refractivity contribution >= 4 is 35.0 Å². The number of halogens is 4. The summed E-state index contributed by atoms with van der Waals surface area (Å²) in [4.78, 5) is 27.0. The molecule has 0 radical (unpaired) electrons. The van der Waals surface area contributed by atoms with Crippen LogP contribution in [0.3, 0.4) is 0 Å². The molecule has 27 heavy (non-hydrogen) atoms. The normalized spacial score (nSPS) is 10.0. The highest BCUT2D eigenvalue weighted by molar-refractivity contribution is 6.34. The fourth-order valence-corrected chi connectivity index (χ4v) is 2.77. The van der Waals surface area contributed by atoms with Gasteiger partial charge in [-0.05, 0) is 42.7 Å². The van der Waals surface area contributed by atoms with E-state index in [2.05, 4.69) is 9.72 Å². The first-order chi connectivity index (χ1) is 12.8. The van der Waals surface area contributed by atoms with E-state index in [0.29, 0.717) is 5.56 Å². The Morgan fingerprint density at radius 1 is 1.11 bits per heavy atom. The maximum atomic E-state index is 14.1. The molecular formula is C19H19Cl2F2NO3. The monoisotopic (exact) mass is 417 g/mol. The number of Topliss-reactive ketones (excluding diaryl/α,β-unsaturated/α-hetero) is 1. The lowest BCUT2D eigenvalue weighted by atomic mass is 9.97. The predicted molar refractivity (Wildman–Crippen MR) is 101 cm³/mol. The van der Waals surface area contributed by atoms with Gasteiger partial charge in [0.2, 0.25) is 5.78 Å². The summed E-state index contributed by atoms with van der Waals surface area (Å²) in [6.07, 6.45) is -0.176. The van der Waals surface area contributed by atoms with Crippen molar-refractivity contribution < 1.29 is 23.1 Å². The minimum absolute atomic E-state index is 0.0178. The standard InChI is InChI=1S/C17H13Cl2F2NO3.C2H6/c1-2-25-17(24)14(23)6-5-11-12(8-15(18)22-16(11)19)10-4-3-9(20)7-13(10)21;1-2/h3-4,7-8H,2,5-6H2,1H3;1-2H3. The van der Waals surface area contributed by atoms with Gasteiger partial charge in [-0.1, -0.05) is 37.0 Å². The van der Waals surface area contributed by atoms with Gasteiger partial charge in [-0.25, -0.2) is 18.6 Å². The summed E-state index contributed by atoms with van der Waals surface area (Å²) in [5, 5.41) is -0.00734. The zero-order valence-corrected chi connectivity index (χ0v) is 16.6. The number of nitrogens with zero attached hydrogens (tertiary/aromatic N) is 1. The van der Waals surface area contributed by atoms with E-state index in [4.69, 9.17) is 23.2 Å². The Hall–Kier alpha value is -2.05. The van der Waals surface area contributed by atoms with Gasteiger partial charge in [-0.15, -0.1) is 0 Å². The van der Waals surface area contributed by atoms with E-state index in [9.17, 15) is 18.4 Å². The molecule has 4 nitrogen and oxygen atoms in total. The molecule has 0 fully saturated rings. The van der Waals surface area contributed by atoms with Gasteiger partial charge in [0.1, 0.15) is 21.9 Å². The van der Waals surface area contributed by atoms with Crippen LogP contribution in [0.4, 0.5) is 8.78 Å². The number of hydrogen-bond acceptors (Lipinski definition) is 4. The van der Waals surface area contributed by atoms with Crippen molar-refractivity contribution in [3.63, 3.8) is 0 Å². The van der Waals surface area contributed by atoms with Gasteiger partial charge in [-0.2, -0.15) is 0 Å². The van der Waals surface area contributed by atoms with E-state index < -0.39 is 23.4 Å². The highest BCUT2D eigenvalue weighted by Gasteiger charge is 2.20. The van der Waals surface area contributed by atoms with Crippen molar-refractivity contribution in [2.45, 2.75) is 33.6 Å². The van der Waals surface area contributed by atoms with Crippen molar-refractivity contribution in [2.75, 3.05) is 6.61 Å². The van der Waals surface area contributed by atoms with Gasteiger partial charge < -0.3 is 4.74 Å². The molecule has 0 saturated carbocycles. The van der Waals surface area contributed by atoms with Crippen molar-refractivity contribution in [3.05, 3.63) is 51.8 Å². The lowest BCUT2D eigenvalue weighted by Gasteiger charge is -2.12. The number of rotatable bonds is 6. The van der Waals surface area contributed by atoms with Crippen LogP contribution in [0.5, 0.6) is 0 Å². The van der Waals surface area contributed by atoms with Crippen LogP contribution in [-0.4, -0.2) is 23.3 Å². The first kappa shape index (κ1) is 23.0. The maximum Gasteiger partial charge on any atom is 0.374 e. The maximum absolute atomic E-state index is 14.1. The Bertz CT molecular complexity index is 829.